The second kappa shape index (κ2) is 5.25. The van der Waals surface area contributed by atoms with E-state index in [9.17, 15) is 0 Å². The Kier molecular flexibility index (Phi) is 3.72. The van der Waals surface area contributed by atoms with Crippen LogP contribution in [0.1, 0.15) is 20.3 Å². The van der Waals surface area contributed by atoms with Crippen LogP contribution in [-0.2, 0) is 0 Å². The van der Waals surface area contributed by atoms with Crippen molar-refractivity contribution in [2.24, 2.45) is 5.92 Å². The lowest BCUT2D eigenvalue weighted by Gasteiger charge is -2.29. The minimum absolute atomic E-state index is 0.470. The van der Waals surface area contributed by atoms with E-state index >= 15 is 0 Å². The van der Waals surface area contributed by atoms with Crippen LogP contribution in [0.5, 0.6) is 0 Å². The van der Waals surface area contributed by atoms with Crippen molar-refractivity contribution < 1.29 is 0 Å². The van der Waals surface area contributed by atoms with E-state index in [1.165, 1.54) is 6.42 Å². The summed E-state index contributed by atoms with van der Waals surface area (Å²) in [6.07, 6.45) is 2.99. The summed E-state index contributed by atoms with van der Waals surface area (Å²) in [6, 6.07) is 4.46. The maximum absolute atomic E-state index is 4.20. The highest BCUT2D eigenvalue weighted by atomic mass is 15.3. The van der Waals surface area contributed by atoms with E-state index in [4.69, 9.17) is 0 Å². The Morgan fingerprint density at radius 3 is 3.00 bits per heavy atom. The molecule has 1 fully saturated rings. The van der Waals surface area contributed by atoms with Gasteiger partial charge in [-0.1, -0.05) is 0 Å². The van der Waals surface area contributed by atoms with Crippen LogP contribution in [0.4, 0.5) is 5.82 Å². The Balaban J connectivity index is 2.05. The van der Waals surface area contributed by atoms with Gasteiger partial charge in [0.1, 0.15) is 0 Å². The first kappa shape index (κ1) is 11.3. The molecule has 0 aromatic carbocycles. The number of hydrogen-bond acceptors (Lipinski definition) is 4. The van der Waals surface area contributed by atoms with Crippen LogP contribution in [0, 0.1) is 5.92 Å². The van der Waals surface area contributed by atoms with E-state index in [1.54, 1.807) is 6.20 Å². The highest BCUT2D eigenvalue weighted by molar-refractivity contribution is 5.37. The molecule has 0 saturated carbocycles. The molecule has 0 radical (unpaired) electrons. The molecule has 0 bridgehead atoms. The van der Waals surface area contributed by atoms with Crippen molar-refractivity contribution in [3.8, 4) is 0 Å². The van der Waals surface area contributed by atoms with E-state index in [0.29, 0.717) is 6.04 Å². The third kappa shape index (κ3) is 2.70. The van der Waals surface area contributed by atoms with Crippen molar-refractivity contribution in [1.29, 1.82) is 0 Å². The van der Waals surface area contributed by atoms with Gasteiger partial charge in [0.05, 0.1) is 0 Å². The third-order valence-corrected chi connectivity index (χ3v) is 3.09. The van der Waals surface area contributed by atoms with Crippen LogP contribution in [0.2, 0.25) is 0 Å². The van der Waals surface area contributed by atoms with Gasteiger partial charge < -0.3 is 10.2 Å². The summed E-state index contributed by atoms with van der Waals surface area (Å²) in [6.45, 7) is 7.76. The van der Waals surface area contributed by atoms with Crippen LogP contribution in [0.3, 0.4) is 0 Å². The molecule has 0 amide bonds. The fourth-order valence-electron chi connectivity index (χ4n) is 2.16. The minimum Gasteiger partial charge on any atom is -0.352 e. The summed E-state index contributed by atoms with van der Waals surface area (Å²) in [5.41, 5.74) is 0. The molecule has 1 aliphatic rings. The first-order valence-electron chi connectivity index (χ1n) is 6.02. The van der Waals surface area contributed by atoms with Gasteiger partial charge in [-0.25, -0.2) is 0 Å². The van der Waals surface area contributed by atoms with E-state index < -0.39 is 0 Å². The molecule has 1 aromatic heterocycles. The molecule has 1 unspecified atom stereocenters. The van der Waals surface area contributed by atoms with Gasteiger partial charge in [-0.3, -0.25) is 0 Å². The van der Waals surface area contributed by atoms with Gasteiger partial charge in [-0.2, -0.15) is 5.10 Å². The smallest absolute Gasteiger partial charge is 0.151 e. The molecule has 2 rings (SSSR count). The van der Waals surface area contributed by atoms with Crippen molar-refractivity contribution in [1.82, 2.24) is 15.5 Å². The molecule has 0 spiro atoms. The lowest BCUT2D eigenvalue weighted by Crippen LogP contribution is -2.36. The predicted molar refractivity (Wildman–Crippen MR) is 65.5 cm³/mol. The molecule has 1 atom stereocenters. The molecule has 16 heavy (non-hydrogen) atoms. The molecule has 4 nitrogen and oxygen atoms in total. The van der Waals surface area contributed by atoms with Gasteiger partial charge in [-0.05, 0) is 51.4 Å². The molecule has 1 N–H and O–H groups in total. The van der Waals surface area contributed by atoms with Gasteiger partial charge in [0.25, 0.3) is 0 Å². The maximum Gasteiger partial charge on any atom is 0.151 e. The first-order chi connectivity index (χ1) is 7.77. The van der Waals surface area contributed by atoms with E-state index in [1.807, 2.05) is 12.1 Å². The zero-order valence-corrected chi connectivity index (χ0v) is 10.1. The van der Waals surface area contributed by atoms with Gasteiger partial charge in [-0.15, -0.1) is 5.10 Å². The topological polar surface area (TPSA) is 41.0 Å². The SMILES string of the molecule is CC(C)N(CC1CCNC1)c1cccnn1. The second-order valence-corrected chi connectivity index (χ2v) is 4.69. The van der Waals surface area contributed by atoms with Crippen LogP contribution >= 0.6 is 0 Å². The van der Waals surface area contributed by atoms with Crippen LogP contribution in [-0.4, -0.2) is 35.9 Å². The van der Waals surface area contributed by atoms with Crippen LogP contribution < -0.4 is 10.2 Å². The molecule has 0 aliphatic carbocycles. The van der Waals surface area contributed by atoms with Gasteiger partial charge in [0.15, 0.2) is 5.82 Å². The third-order valence-electron chi connectivity index (χ3n) is 3.09. The van der Waals surface area contributed by atoms with Crippen LogP contribution in [0.25, 0.3) is 0 Å². The van der Waals surface area contributed by atoms with Crippen molar-refractivity contribution in [3.05, 3.63) is 18.3 Å². The van der Waals surface area contributed by atoms with Crippen molar-refractivity contribution >= 4 is 5.82 Å². The van der Waals surface area contributed by atoms with Crippen molar-refractivity contribution in [2.45, 2.75) is 26.3 Å². The summed E-state index contributed by atoms with van der Waals surface area (Å²) < 4.78 is 0. The van der Waals surface area contributed by atoms with Crippen molar-refractivity contribution in [3.63, 3.8) is 0 Å². The Labute approximate surface area is 97.1 Å². The Hall–Kier alpha value is -1.16. The molecule has 2 heterocycles. The fraction of sp³-hybridized carbons (Fsp3) is 0.667. The number of aromatic nitrogens is 2. The number of nitrogens with zero attached hydrogens (tertiary/aromatic N) is 3. The summed E-state index contributed by atoms with van der Waals surface area (Å²) in [5, 5.41) is 11.6. The Bertz CT molecular complexity index is 306. The number of anilines is 1. The highest BCUT2D eigenvalue weighted by Gasteiger charge is 2.20. The summed E-state index contributed by atoms with van der Waals surface area (Å²) in [7, 11) is 0. The summed E-state index contributed by atoms with van der Waals surface area (Å²) in [5.74, 6) is 1.73. The minimum atomic E-state index is 0.470. The Morgan fingerprint density at radius 1 is 1.56 bits per heavy atom. The molecular weight excluding hydrogens is 200 g/mol. The number of nitrogens with one attached hydrogen (secondary N) is 1. The Morgan fingerprint density at radius 2 is 2.44 bits per heavy atom. The lowest BCUT2D eigenvalue weighted by molar-refractivity contribution is 0.527. The standard InChI is InChI=1S/C12H20N4/c1-10(2)16(9-11-5-7-13-8-11)12-4-3-6-14-15-12/h3-4,6,10-11,13H,5,7-9H2,1-2H3. The largest absolute Gasteiger partial charge is 0.352 e. The zero-order valence-electron chi connectivity index (χ0n) is 10.1. The molecule has 1 aromatic rings. The summed E-state index contributed by atoms with van der Waals surface area (Å²) >= 11 is 0. The van der Waals surface area contributed by atoms with E-state index in [0.717, 1.165) is 31.4 Å². The van der Waals surface area contributed by atoms with Crippen LogP contribution in [0.15, 0.2) is 18.3 Å². The molecule has 88 valence electrons. The summed E-state index contributed by atoms with van der Waals surface area (Å²) in [4.78, 5) is 2.34. The average molecular weight is 220 g/mol. The number of hydrogen-bond donors (Lipinski definition) is 1. The first-order valence-corrected chi connectivity index (χ1v) is 6.02. The normalized spacial score (nSPS) is 20.3. The quantitative estimate of drug-likeness (QED) is 0.830. The molecule has 1 saturated heterocycles. The van der Waals surface area contributed by atoms with Crippen molar-refractivity contribution in [2.75, 3.05) is 24.5 Å². The van der Waals surface area contributed by atoms with E-state index in [2.05, 4.69) is 34.3 Å². The zero-order chi connectivity index (χ0) is 11.4. The lowest BCUT2D eigenvalue weighted by atomic mass is 10.1. The molecular formula is C12H20N4. The van der Waals surface area contributed by atoms with Gasteiger partial charge >= 0.3 is 0 Å². The van der Waals surface area contributed by atoms with Gasteiger partial charge in [0, 0.05) is 18.8 Å². The average Bonchev–Trinajstić information content (AvgIpc) is 2.79. The second-order valence-electron chi connectivity index (χ2n) is 4.69. The van der Waals surface area contributed by atoms with E-state index in [-0.39, 0.29) is 0 Å². The monoisotopic (exact) mass is 220 g/mol. The number of rotatable bonds is 4. The predicted octanol–water partition coefficient (Wildman–Crippen LogP) is 1.30. The highest BCUT2D eigenvalue weighted by Crippen LogP contribution is 2.17. The fourth-order valence-corrected chi connectivity index (χ4v) is 2.16. The molecule has 4 heteroatoms. The van der Waals surface area contributed by atoms with Gasteiger partial charge in [0.2, 0.25) is 0 Å². The maximum atomic E-state index is 4.20. The molecule has 1 aliphatic heterocycles.